The highest BCUT2D eigenvalue weighted by molar-refractivity contribution is 5.98. The first kappa shape index (κ1) is 23.6. The molecule has 0 aromatic carbocycles. The zero-order valence-corrected chi connectivity index (χ0v) is 17.1. The van der Waals surface area contributed by atoms with Crippen molar-refractivity contribution >= 4 is 11.9 Å². The number of nitrogens with zero attached hydrogens (tertiary/aromatic N) is 3. The Labute approximate surface area is 160 Å². The molecule has 0 radical (unpaired) electrons. The van der Waals surface area contributed by atoms with Crippen LogP contribution in [-0.4, -0.2) is 30.0 Å². The Kier molecular flexibility index (Phi) is 13.5. The lowest BCUT2D eigenvalue weighted by atomic mass is 9.94. The summed E-state index contributed by atoms with van der Waals surface area (Å²) < 4.78 is 0. The third kappa shape index (κ3) is 8.11. The maximum Gasteiger partial charge on any atom is 0.120 e. The molecule has 0 spiro atoms. The molecule has 0 amide bonds. The van der Waals surface area contributed by atoms with Crippen LogP contribution in [0.2, 0.25) is 0 Å². The van der Waals surface area contributed by atoms with Crippen molar-refractivity contribution in [3.63, 3.8) is 0 Å². The van der Waals surface area contributed by atoms with E-state index in [1.807, 2.05) is 56.6 Å². The predicted molar refractivity (Wildman–Crippen MR) is 119 cm³/mol. The van der Waals surface area contributed by atoms with Gasteiger partial charge >= 0.3 is 0 Å². The van der Waals surface area contributed by atoms with Crippen LogP contribution in [-0.2, 0) is 0 Å². The van der Waals surface area contributed by atoms with Gasteiger partial charge in [0.15, 0.2) is 0 Å². The van der Waals surface area contributed by atoms with Crippen LogP contribution < -0.4 is 0 Å². The molecule has 2 atom stereocenters. The summed E-state index contributed by atoms with van der Waals surface area (Å²) in [5.74, 6) is 0.165. The predicted octanol–water partition coefficient (Wildman–Crippen LogP) is 6.11. The lowest BCUT2D eigenvalue weighted by Gasteiger charge is -2.33. The van der Waals surface area contributed by atoms with E-state index in [2.05, 4.69) is 56.1 Å². The molecule has 0 aliphatic rings. The fraction of sp³-hybridized carbons (Fsp3) is 0.391. The molecule has 0 saturated carbocycles. The summed E-state index contributed by atoms with van der Waals surface area (Å²) in [7, 11) is 2.09. The number of hydrogen-bond acceptors (Lipinski definition) is 3. The largest absolute Gasteiger partial charge is 0.356 e. The van der Waals surface area contributed by atoms with Crippen LogP contribution in [0, 0.1) is 5.92 Å². The third-order valence-electron chi connectivity index (χ3n) is 3.97. The van der Waals surface area contributed by atoms with Crippen molar-refractivity contribution in [3.8, 4) is 0 Å². The standard InChI is InChI=1S/C23H35N3/c1-8-14-16-19-25-23(13-6)26(7)22(17-15-9-2)20(11-4)21(12-5)24-18-10-3/h8-10,12,14-20,23H,1,5,11,13H2,2-4,6-7H3/b15-9-,16-14-,18-10-,22-17-,24-21?,25-19?. The fourth-order valence-corrected chi connectivity index (χ4v) is 2.62. The Morgan fingerprint density at radius 1 is 1.04 bits per heavy atom. The summed E-state index contributed by atoms with van der Waals surface area (Å²) in [6.45, 7) is 15.9. The van der Waals surface area contributed by atoms with Crippen molar-refractivity contribution in [2.24, 2.45) is 15.9 Å². The van der Waals surface area contributed by atoms with Gasteiger partial charge in [0.2, 0.25) is 0 Å². The van der Waals surface area contributed by atoms with Gasteiger partial charge in [0, 0.05) is 36.8 Å². The van der Waals surface area contributed by atoms with E-state index in [1.54, 1.807) is 6.08 Å². The lowest BCUT2D eigenvalue weighted by molar-refractivity contribution is 0.284. The first-order chi connectivity index (χ1) is 12.6. The van der Waals surface area contributed by atoms with E-state index in [0.29, 0.717) is 0 Å². The van der Waals surface area contributed by atoms with Gasteiger partial charge in [-0.25, -0.2) is 0 Å². The lowest BCUT2D eigenvalue weighted by Crippen LogP contribution is -2.34. The van der Waals surface area contributed by atoms with Crippen molar-refractivity contribution in [1.29, 1.82) is 0 Å². The average Bonchev–Trinajstić information content (AvgIpc) is 2.66. The summed E-state index contributed by atoms with van der Waals surface area (Å²) >= 11 is 0. The molecule has 0 fully saturated rings. The normalized spacial score (nSPS) is 16.0. The number of hydrogen-bond donors (Lipinski definition) is 0. The van der Waals surface area contributed by atoms with Crippen molar-refractivity contribution in [2.75, 3.05) is 7.05 Å². The monoisotopic (exact) mass is 353 g/mol. The third-order valence-corrected chi connectivity index (χ3v) is 3.97. The Hall–Kier alpha value is -2.42. The quantitative estimate of drug-likeness (QED) is 0.307. The van der Waals surface area contributed by atoms with Crippen molar-refractivity contribution in [3.05, 3.63) is 73.7 Å². The zero-order valence-electron chi connectivity index (χ0n) is 17.1. The first-order valence-electron chi connectivity index (χ1n) is 9.28. The maximum atomic E-state index is 4.69. The second-order valence-corrected chi connectivity index (χ2v) is 5.74. The van der Waals surface area contributed by atoms with Crippen molar-refractivity contribution in [2.45, 2.75) is 46.7 Å². The molecule has 3 nitrogen and oxygen atoms in total. The Balaban J connectivity index is 5.89. The minimum absolute atomic E-state index is 0.0582. The van der Waals surface area contributed by atoms with E-state index < -0.39 is 0 Å². The summed E-state index contributed by atoms with van der Waals surface area (Å²) in [6.07, 6.45) is 21.1. The number of rotatable bonds is 12. The molecule has 0 aliphatic carbocycles. The molecule has 26 heavy (non-hydrogen) atoms. The molecule has 0 aromatic heterocycles. The topological polar surface area (TPSA) is 28.0 Å². The summed E-state index contributed by atoms with van der Waals surface area (Å²) in [5, 5.41) is 0. The fourth-order valence-electron chi connectivity index (χ4n) is 2.62. The summed E-state index contributed by atoms with van der Waals surface area (Å²) in [5.41, 5.74) is 2.16. The SMILES string of the molecule is C=C/C=C\C=NC(CC)N(C)/C(=C\C=C/C)C(CC)C(C=C)=N/C=C\C. The highest BCUT2D eigenvalue weighted by atomic mass is 15.2. The smallest absolute Gasteiger partial charge is 0.120 e. The van der Waals surface area contributed by atoms with E-state index >= 15 is 0 Å². The van der Waals surface area contributed by atoms with Gasteiger partial charge in [-0.1, -0.05) is 57.4 Å². The van der Waals surface area contributed by atoms with Gasteiger partial charge in [-0.3, -0.25) is 9.98 Å². The molecular weight excluding hydrogens is 318 g/mol. The van der Waals surface area contributed by atoms with Gasteiger partial charge < -0.3 is 4.90 Å². The van der Waals surface area contributed by atoms with E-state index in [4.69, 9.17) is 4.99 Å². The van der Waals surface area contributed by atoms with Gasteiger partial charge in [0.05, 0.1) is 0 Å². The van der Waals surface area contributed by atoms with Crippen LogP contribution in [0.4, 0.5) is 0 Å². The van der Waals surface area contributed by atoms with E-state index in [1.165, 1.54) is 5.70 Å². The molecule has 0 saturated heterocycles. The molecular formula is C23H35N3. The highest BCUT2D eigenvalue weighted by Gasteiger charge is 2.23. The summed E-state index contributed by atoms with van der Waals surface area (Å²) in [6, 6.07) is 0. The molecule has 0 bridgehead atoms. The molecule has 2 unspecified atom stereocenters. The maximum absolute atomic E-state index is 4.69. The number of allylic oxidation sites excluding steroid dienone is 9. The molecule has 0 heterocycles. The molecule has 0 N–H and O–H groups in total. The summed E-state index contributed by atoms with van der Waals surface area (Å²) in [4.78, 5) is 11.5. The highest BCUT2D eigenvalue weighted by Crippen LogP contribution is 2.24. The second kappa shape index (κ2) is 14.9. The Morgan fingerprint density at radius 3 is 2.27 bits per heavy atom. The first-order valence-corrected chi connectivity index (χ1v) is 9.28. The van der Waals surface area contributed by atoms with E-state index in [-0.39, 0.29) is 12.1 Å². The second-order valence-electron chi connectivity index (χ2n) is 5.74. The van der Waals surface area contributed by atoms with E-state index in [0.717, 1.165) is 18.6 Å². The van der Waals surface area contributed by atoms with Crippen LogP contribution in [0.5, 0.6) is 0 Å². The van der Waals surface area contributed by atoms with E-state index in [9.17, 15) is 0 Å². The van der Waals surface area contributed by atoms with Crippen LogP contribution >= 0.6 is 0 Å². The molecule has 0 rings (SSSR count). The zero-order chi connectivity index (χ0) is 19.8. The van der Waals surface area contributed by atoms with Crippen molar-refractivity contribution in [1.82, 2.24) is 4.90 Å². The average molecular weight is 354 g/mol. The van der Waals surface area contributed by atoms with Crippen LogP contribution in [0.25, 0.3) is 0 Å². The Morgan fingerprint density at radius 2 is 1.77 bits per heavy atom. The van der Waals surface area contributed by atoms with Gasteiger partial charge in [0.25, 0.3) is 0 Å². The molecule has 142 valence electrons. The molecule has 0 aromatic rings. The van der Waals surface area contributed by atoms with Crippen LogP contribution in [0.15, 0.2) is 83.6 Å². The van der Waals surface area contributed by atoms with Gasteiger partial charge in [-0.05, 0) is 44.9 Å². The minimum Gasteiger partial charge on any atom is -0.356 e. The van der Waals surface area contributed by atoms with Gasteiger partial charge in [0.1, 0.15) is 6.17 Å². The Bertz CT molecular complexity index is 589. The van der Waals surface area contributed by atoms with Gasteiger partial charge in [-0.2, -0.15) is 0 Å². The van der Waals surface area contributed by atoms with Crippen LogP contribution in [0.3, 0.4) is 0 Å². The van der Waals surface area contributed by atoms with Crippen molar-refractivity contribution < 1.29 is 0 Å². The van der Waals surface area contributed by atoms with Crippen LogP contribution in [0.1, 0.15) is 40.5 Å². The minimum atomic E-state index is 0.0582. The molecule has 0 aliphatic heterocycles. The molecule has 3 heteroatoms. The van der Waals surface area contributed by atoms with Gasteiger partial charge in [-0.15, -0.1) is 0 Å². The number of aliphatic imine (C=N–C) groups is 2.